The molecular formula is C15H13Cl2N3O2. The molecule has 5 nitrogen and oxygen atoms in total. The molecule has 0 bridgehead atoms. The summed E-state index contributed by atoms with van der Waals surface area (Å²) >= 11 is 11.9. The fraction of sp³-hybridized carbons (Fsp3) is 0.133. The van der Waals surface area contributed by atoms with Crippen molar-refractivity contribution < 1.29 is 9.53 Å². The average molecular weight is 338 g/mol. The number of esters is 1. The van der Waals surface area contributed by atoms with E-state index in [-0.39, 0.29) is 0 Å². The normalized spacial score (nSPS) is 10.7. The highest BCUT2D eigenvalue weighted by Crippen LogP contribution is 2.26. The molecular weight excluding hydrogens is 325 g/mol. The molecule has 0 radical (unpaired) electrons. The van der Waals surface area contributed by atoms with Crippen LogP contribution in [0.4, 0.5) is 11.4 Å². The van der Waals surface area contributed by atoms with E-state index in [2.05, 4.69) is 15.8 Å². The molecule has 2 aromatic carbocycles. The number of halogens is 2. The molecule has 0 saturated heterocycles. The first-order chi connectivity index (χ1) is 10.6. The van der Waals surface area contributed by atoms with Crippen LogP contribution in [0.25, 0.3) is 0 Å². The summed E-state index contributed by atoms with van der Waals surface area (Å²) in [6.45, 7) is 2.03. The monoisotopic (exact) mass is 337 g/mol. The van der Waals surface area contributed by atoms with Crippen molar-refractivity contribution in [3.05, 3.63) is 58.1 Å². The number of anilines is 1. The Labute approximate surface area is 137 Å². The summed E-state index contributed by atoms with van der Waals surface area (Å²) in [5, 5.41) is 8.81. The first-order valence-electron chi connectivity index (χ1n) is 6.49. The number of nitrogens with one attached hydrogen (secondary N) is 1. The Balaban J connectivity index is 2.17. The second-order valence-electron chi connectivity index (χ2n) is 4.17. The van der Waals surface area contributed by atoms with Crippen molar-refractivity contribution in [2.24, 2.45) is 10.3 Å². The van der Waals surface area contributed by atoms with Gasteiger partial charge in [0.15, 0.2) is 0 Å². The Hall–Kier alpha value is -2.11. The molecule has 0 spiro atoms. The molecule has 0 saturated carbocycles. The molecule has 0 aliphatic carbocycles. The van der Waals surface area contributed by atoms with E-state index in [1.807, 2.05) is 0 Å². The highest BCUT2D eigenvalue weighted by atomic mass is 35.5. The van der Waals surface area contributed by atoms with Gasteiger partial charge in [-0.25, -0.2) is 4.79 Å². The fourth-order valence-corrected chi connectivity index (χ4v) is 1.99. The van der Waals surface area contributed by atoms with Crippen LogP contribution in [0.15, 0.2) is 52.8 Å². The molecule has 1 N–H and O–H groups in total. The van der Waals surface area contributed by atoms with Crippen LogP contribution in [0.1, 0.15) is 17.3 Å². The van der Waals surface area contributed by atoms with Gasteiger partial charge in [-0.2, -0.15) is 0 Å². The van der Waals surface area contributed by atoms with Gasteiger partial charge in [0, 0.05) is 5.02 Å². The predicted octanol–water partition coefficient (Wildman–Crippen LogP) is 5.28. The molecule has 7 heteroatoms. The van der Waals surface area contributed by atoms with Crippen LogP contribution in [0, 0.1) is 0 Å². The van der Waals surface area contributed by atoms with Gasteiger partial charge in [-0.1, -0.05) is 40.6 Å². The van der Waals surface area contributed by atoms with Gasteiger partial charge < -0.3 is 4.74 Å². The van der Waals surface area contributed by atoms with Crippen LogP contribution in [0.3, 0.4) is 0 Å². The zero-order valence-electron chi connectivity index (χ0n) is 11.7. The average Bonchev–Trinajstić information content (AvgIpc) is 2.51. The number of benzene rings is 2. The van der Waals surface area contributed by atoms with Gasteiger partial charge in [0.2, 0.25) is 0 Å². The lowest BCUT2D eigenvalue weighted by molar-refractivity contribution is 0.0527. The molecule has 22 heavy (non-hydrogen) atoms. The summed E-state index contributed by atoms with van der Waals surface area (Å²) in [6.07, 6.45) is 0. The molecule has 0 aromatic heterocycles. The summed E-state index contributed by atoms with van der Waals surface area (Å²) in [5.41, 5.74) is 3.95. The second kappa shape index (κ2) is 7.77. The topological polar surface area (TPSA) is 63.0 Å². The van der Waals surface area contributed by atoms with Crippen molar-refractivity contribution in [3.63, 3.8) is 0 Å². The van der Waals surface area contributed by atoms with Gasteiger partial charge >= 0.3 is 5.97 Å². The maximum absolute atomic E-state index is 11.8. The lowest BCUT2D eigenvalue weighted by Gasteiger charge is -2.05. The lowest BCUT2D eigenvalue weighted by atomic mass is 10.2. The van der Waals surface area contributed by atoms with E-state index in [1.54, 1.807) is 49.4 Å². The molecule has 0 unspecified atom stereocenters. The van der Waals surface area contributed by atoms with Crippen molar-refractivity contribution in [2.75, 3.05) is 12.0 Å². The Kier molecular flexibility index (Phi) is 5.75. The Morgan fingerprint density at radius 3 is 2.77 bits per heavy atom. The van der Waals surface area contributed by atoms with Crippen LogP contribution in [-0.2, 0) is 4.74 Å². The van der Waals surface area contributed by atoms with Gasteiger partial charge in [-0.3, -0.25) is 5.43 Å². The van der Waals surface area contributed by atoms with Crippen molar-refractivity contribution in [3.8, 4) is 0 Å². The summed E-state index contributed by atoms with van der Waals surface area (Å²) in [7, 11) is 0. The smallest absolute Gasteiger partial charge is 0.340 e. The molecule has 0 aliphatic heterocycles. The fourth-order valence-electron chi connectivity index (χ4n) is 1.66. The van der Waals surface area contributed by atoms with E-state index in [9.17, 15) is 4.79 Å². The van der Waals surface area contributed by atoms with Crippen molar-refractivity contribution in [1.82, 2.24) is 0 Å². The highest BCUT2D eigenvalue weighted by molar-refractivity contribution is 6.35. The maximum Gasteiger partial charge on any atom is 0.340 e. The zero-order valence-corrected chi connectivity index (χ0v) is 13.2. The van der Waals surface area contributed by atoms with E-state index in [1.165, 1.54) is 0 Å². The summed E-state index contributed by atoms with van der Waals surface area (Å²) in [6, 6.07) is 11.7. The van der Waals surface area contributed by atoms with Crippen LogP contribution in [-0.4, -0.2) is 12.6 Å². The van der Waals surface area contributed by atoms with Gasteiger partial charge in [-0.05, 0) is 37.3 Å². The van der Waals surface area contributed by atoms with Crippen LogP contribution in [0.5, 0.6) is 0 Å². The zero-order chi connectivity index (χ0) is 15.9. The predicted molar refractivity (Wildman–Crippen MR) is 87.0 cm³/mol. The van der Waals surface area contributed by atoms with Gasteiger partial charge in [-0.15, -0.1) is 5.11 Å². The minimum absolute atomic E-state index is 0.292. The van der Waals surface area contributed by atoms with Gasteiger partial charge in [0.1, 0.15) is 5.69 Å². The number of ether oxygens (including phenoxy) is 1. The van der Waals surface area contributed by atoms with Gasteiger partial charge in [0.05, 0.1) is 22.9 Å². The van der Waals surface area contributed by atoms with Crippen LogP contribution in [0.2, 0.25) is 10.0 Å². The molecule has 2 aromatic rings. The van der Waals surface area contributed by atoms with E-state index < -0.39 is 5.97 Å². The summed E-state index contributed by atoms with van der Waals surface area (Å²) < 4.78 is 4.97. The number of carbonyl (C=O) groups excluding carboxylic acids is 1. The number of carbonyl (C=O) groups is 1. The molecule has 0 atom stereocenters. The SMILES string of the molecule is CCOC(=O)c1ccccc1N=NNc1cc(Cl)ccc1Cl. The van der Waals surface area contributed by atoms with Crippen LogP contribution < -0.4 is 5.43 Å². The Morgan fingerprint density at radius 1 is 1.23 bits per heavy atom. The quantitative estimate of drug-likeness (QED) is 0.458. The highest BCUT2D eigenvalue weighted by Gasteiger charge is 2.11. The van der Waals surface area contributed by atoms with Gasteiger partial charge in [0.25, 0.3) is 0 Å². The lowest BCUT2D eigenvalue weighted by Crippen LogP contribution is -2.04. The third-order valence-corrected chi connectivity index (χ3v) is 3.22. The third-order valence-electron chi connectivity index (χ3n) is 2.66. The Morgan fingerprint density at radius 2 is 2.00 bits per heavy atom. The van der Waals surface area contributed by atoms with E-state index >= 15 is 0 Å². The molecule has 0 heterocycles. The summed E-state index contributed by atoms with van der Waals surface area (Å²) in [4.78, 5) is 11.8. The van der Waals surface area contributed by atoms with Crippen molar-refractivity contribution >= 4 is 40.5 Å². The minimum atomic E-state index is -0.446. The standard InChI is InChI=1S/C15H13Cl2N3O2/c1-2-22-15(21)11-5-3-4-6-13(11)18-20-19-14-9-10(16)7-8-12(14)17/h3-9H,2H2,1H3,(H,18,19). The van der Waals surface area contributed by atoms with E-state index in [0.717, 1.165) is 0 Å². The number of hydrogen-bond donors (Lipinski definition) is 1. The first kappa shape index (κ1) is 16.3. The summed E-state index contributed by atoms with van der Waals surface area (Å²) in [5.74, 6) is -0.446. The van der Waals surface area contributed by atoms with E-state index in [0.29, 0.717) is 33.6 Å². The second-order valence-corrected chi connectivity index (χ2v) is 5.02. The Bertz CT molecular complexity index is 705. The molecule has 114 valence electrons. The number of rotatable bonds is 5. The first-order valence-corrected chi connectivity index (χ1v) is 7.25. The maximum atomic E-state index is 11.8. The number of hydrogen-bond acceptors (Lipinski definition) is 4. The molecule has 0 amide bonds. The largest absolute Gasteiger partial charge is 0.462 e. The van der Waals surface area contributed by atoms with Crippen LogP contribution >= 0.6 is 23.2 Å². The number of nitrogens with zero attached hydrogens (tertiary/aromatic N) is 2. The van der Waals surface area contributed by atoms with Crippen molar-refractivity contribution in [1.29, 1.82) is 0 Å². The van der Waals surface area contributed by atoms with Crippen molar-refractivity contribution in [2.45, 2.75) is 6.92 Å². The minimum Gasteiger partial charge on any atom is -0.462 e. The molecule has 2 rings (SSSR count). The molecule has 0 fully saturated rings. The van der Waals surface area contributed by atoms with E-state index in [4.69, 9.17) is 27.9 Å². The third kappa shape index (κ3) is 4.19. The molecule has 0 aliphatic rings.